The van der Waals surface area contributed by atoms with Gasteiger partial charge in [-0.25, -0.2) is 0 Å². The lowest BCUT2D eigenvalue weighted by Crippen LogP contribution is -2.46. The Morgan fingerprint density at radius 1 is 1.62 bits per heavy atom. The summed E-state index contributed by atoms with van der Waals surface area (Å²) in [7, 11) is 0. The van der Waals surface area contributed by atoms with Gasteiger partial charge >= 0.3 is 0 Å². The molecule has 0 aliphatic heterocycles. The molecule has 0 unspecified atom stereocenters. The first kappa shape index (κ1) is 11.6. The van der Waals surface area contributed by atoms with E-state index < -0.39 is 0 Å². The van der Waals surface area contributed by atoms with Gasteiger partial charge in [-0.05, 0) is 37.8 Å². The van der Waals surface area contributed by atoms with Crippen LogP contribution in [-0.2, 0) is 6.42 Å². The molecule has 4 heteroatoms. The maximum absolute atomic E-state index is 11.9. The first-order valence-electron chi connectivity index (χ1n) is 5.68. The van der Waals surface area contributed by atoms with Crippen LogP contribution in [0.2, 0.25) is 0 Å². The highest BCUT2D eigenvalue weighted by Gasteiger charge is 2.29. The van der Waals surface area contributed by atoms with Gasteiger partial charge in [-0.1, -0.05) is 6.92 Å². The number of carbonyl (C=O) groups excluding carboxylic acids is 1. The van der Waals surface area contributed by atoms with Gasteiger partial charge in [0.2, 0.25) is 0 Å². The average molecular weight is 239 g/mol. The minimum atomic E-state index is -0.221. The third kappa shape index (κ3) is 2.28. The lowest BCUT2D eigenvalue weighted by atomic mass is 9.89. The van der Waals surface area contributed by atoms with Gasteiger partial charge in [0.15, 0.2) is 0 Å². The van der Waals surface area contributed by atoms with E-state index in [4.69, 9.17) is 5.11 Å². The summed E-state index contributed by atoms with van der Waals surface area (Å²) in [5.74, 6) is 0.00435. The zero-order valence-corrected chi connectivity index (χ0v) is 10.4. The number of aliphatic hydroxyl groups excluding tert-OH is 1. The van der Waals surface area contributed by atoms with Crippen molar-refractivity contribution in [1.29, 1.82) is 0 Å². The SMILES string of the molecule is CCc1sc(C(=O)NC2CC(O)C2)cc1C. The average Bonchev–Trinajstić information content (AvgIpc) is 2.57. The second-order valence-electron chi connectivity index (χ2n) is 4.37. The van der Waals surface area contributed by atoms with E-state index in [1.807, 2.05) is 13.0 Å². The van der Waals surface area contributed by atoms with Crippen LogP contribution in [0.3, 0.4) is 0 Å². The molecule has 16 heavy (non-hydrogen) atoms. The fourth-order valence-corrected chi connectivity index (χ4v) is 2.96. The van der Waals surface area contributed by atoms with Crippen molar-refractivity contribution in [3.8, 4) is 0 Å². The highest BCUT2D eigenvalue weighted by Crippen LogP contribution is 2.24. The third-order valence-corrected chi connectivity index (χ3v) is 4.39. The van der Waals surface area contributed by atoms with Crippen molar-refractivity contribution in [2.45, 2.75) is 45.3 Å². The maximum Gasteiger partial charge on any atom is 0.261 e. The van der Waals surface area contributed by atoms with E-state index in [0.29, 0.717) is 12.8 Å². The first-order valence-corrected chi connectivity index (χ1v) is 6.50. The normalized spacial score (nSPS) is 23.9. The number of carbonyl (C=O) groups is 1. The van der Waals surface area contributed by atoms with Crippen LogP contribution in [0.5, 0.6) is 0 Å². The Bertz CT molecular complexity index is 394. The number of rotatable bonds is 3. The Kier molecular flexibility index (Phi) is 3.30. The summed E-state index contributed by atoms with van der Waals surface area (Å²) in [5, 5.41) is 12.1. The zero-order valence-electron chi connectivity index (χ0n) is 9.62. The van der Waals surface area contributed by atoms with Crippen molar-refractivity contribution in [2.24, 2.45) is 0 Å². The van der Waals surface area contributed by atoms with Gasteiger partial charge in [0.25, 0.3) is 5.91 Å². The molecule has 3 nitrogen and oxygen atoms in total. The molecule has 1 saturated carbocycles. The summed E-state index contributed by atoms with van der Waals surface area (Å²) in [6.07, 6.45) is 2.14. The quantitative estimate of drug-likeness (QED) is 0.846. The molecule has 0 aromatic carbocycles. The Morgan fingerprint density at radius 2 is 2.31 bits per heavy atom. The van der Waals surface area contributed by atoms with Crippen molar-refractivity contribution >= 4 is 17.2 Å². The second-order valence-corrected chi connectivity index (χ2v) is 5.50. The fourth-order valence-electron chi connectivity index (χ4n) is 1.94. The minimum Gasteiger partial charge on any atom is -0.393 e. The van der Waals surface area contributed by atoms with Crippen molar-refractivity contribution in [3.63, 3.8) is 0 Å². The Hall–Kier alpha value is -0.870. The van der Waals surface area contributed by atoms with Gasteiger partial charge < -0.3 is 10.4 Å². The molecule has 0 atom stereocenters. The fraction of sp³-hybridized carbons (Fsp3) is 0.583. The molecular weight excluding hydrogens is 222 g/mol. The summed E-state index contributed by atoms with van der Waals surface area (Å²) < 4.78 is 0. The first-order chi connectivity index (χ1) is 7.60. The molecule has 1 heterocycles. The number of aliphatic hydroxyl groups is 1. The summed E-state index contributed by atoms with van der Waals surface area (Å²) >= 11 is 1.57. The van der Waals surface area contributed by atoms with Crippen LogP contribution in [0.25, 0.3) is 0 Å². The van der Waals surface area contributed by atoms with Gasteiger partial charge in [-0.3, -0.25) is 4.79 Å². The van der Waals surface area contributed by atoms with Gasteiger partial charge in [-0.2, -0.15) is 0 Å². The van der Waals surface area contributed by atoms with Gasteiger partial charge in [-0.15, -0.1) is 11.3 Å². The van der Waals surface area contributed by atoms with Crippen LogP contribution < -0.4 is 5.32 Å². The highest BCUT2D eigenvalue weighted by atomic mass is 32.1. The molecule has 2 N–H and O–H groups in total. The molecule has 1 aromatic rings. The smallest absolute Gasteiger partial charge is 0.261 e. The van der Waals surface area contributed by atoms with Crippen LogP contribution in [0.15, 0.2) is 6.07 Å². The van der Waals surface area contributed by atoms with E-state index in [1.165, 1.54) is 10.4 Å². The molecule has 88 valence electrons. The second kappa shape index (κ2) is 4.55. The molecule has 1 aliphatic carbocycles. The van der Waals surface area contributed by atoms with E-state index in [-0.39, 0.29) is 18.1 Å². The maximum atomic E-state index is 11.9. The Balaban J connectivity index is 1.98. The van der Waals surface area contributed by atoms with Crippen molar-refractivity contribution in [3.05, 3.63) is 21.4 Å². The topological polar surface area (TPSA) is 49.3 Å². The molecule has 1 aliphatic rings. The van der Waals surface area contributed by atoms with Gasteiger partial charge in [0.05, 0.1) is 11.0 Å². The minimum absolute atomic E-state index is 0.00435. The molecule has 0 saturated heterocycles. The zero-order chi connectivity index (χ0) is 11.7. The highest BCUT2D eigenvalue weighted by molar-refractivity contribution is 7.14. The van der Waals surface area contributed by atoms with Gasteiger partial charge in [0, 0.05) is 10.9 Å². The summed E-state index contributed by atoms with van der Waals surface area (Å²) in [5.41, 5.74) is 1.20. The van der Waals surface area contributed by atoms with E-state index in [1.54, 1.807) is 11.3 Å². The Morgan fingerprint density at radius 3 is 2.81 bits per heavy atom. The van der Waals surface area contributed by atoms with Crippen LogP contribution in [0, 0.1) is 6.92 Å². The van der Waals surface area contributed by atoms with E-state index >= 15 is 0 Å². The predicted octanol–water partition coefficient (Wildman–Crippen LogP) is 1.87. The van der Waals surface area contributed by atoms with Gasteiger partial charge in [0.1, 0.15) is 0 Å². The summed E-state index contributed by atoms with van der Waals surface area (Å²) in [6.45, 7) is 4.14. The van der Waals surface area contributed by atoms with Crippen molar-refractivity contribution in [2.75, 3.05) is 0 Å². The summed E-state index contributed by atoms with van der Waals surface area (Å²) in [4.78, 5) is 13.9. The Labute approximate surface area is 99.5 Å². The van der Waals surface area contributed by atoms with Crippen molar-refractivity contribution in [1.82, 2.24) is 5.32 Å². The van der Waals surface area contributed by atoms with Crippen LogP contribution in [-0.4, -0.2) is 23.2 Å². The van der Waals surface area contributed by atoms with E-state index in [2.05, 4.69) is 12.2 Å². The third-order valence-electron chi connectivity index (χ3n) is 3.01. The number of amides is 1. The van der Waals surface area contributed by atoms with Crippen LogP contribution in [0.1, 0.15) is 39.9 Å². The lowest BCUT2D eigenvalue weighted by Gasteiger charge is -2.31. The molecule has 1 amide bonds. The molecule has 0 radical (unpaired) electrons. The molecule has 0 bridgehead atoms. The molecule has 0 spiro atoms. The number of thiophene rings is 1. The van der Waals surface area contributed by atoms with Crippen LogP contribution >= 0.6 is 11.3 Å². The number of aryl methyl sites for hydroxylation is 2. The molecule has 1 fully saturated rings. The van der Waals surface area contributed by atoms with Crippen molar-refractivity contribution < 1.29 is 9.90 Å². The largest absolute Gasteiger partial charge is 0.393 e. The number of hydrogen-bond acceptors (Lipinski definition) is 3. The lowest BCUT2D eigenvalue weighted by molar-refractivity contribution is 0.0564. The van der Waals surface area contributed by atoms with Crippen LogP contribution in [0.4, 0.5) is 0 Å². The summed E-state index contributed by atoms with van der Waals surface area (Å²) in [6, 6.07) is 2.11. The molecule has 1 aromatic heterocycles. The number of nitrogens with one attached hydrogen (secondary N) is 1. The molecule has 2 rings (SSSR count). The monoisotopic (exact) mass is 239 g/mol. The molecular formula is C12H17NO2S. The van der Waals surface area contributed by atoms with E-state index in [9.17, 15) is 4.79 Å². The number of hydrogen-bond donors (Lipinski definition) is 2. The van der Waals surface area contributed by atoms with E-state index in [0.717, 1.165) is 11.3 Å². The standard InChI is InChI=1S/C12H17NO2S/c1-3-10-7(2)4-11(16-10)12(15)13-8-5-9(14)6-8/h4,8-9,14H,3,5-6H2,1-2H3,(H,13,15). The predicted molar refractivity (Wildman–Crippen MR) is 64.9 cm³/mol.